The van der Waals surface area contributed by atoms with E-state index < -0.39 is 8.32 Å². The van der Waals surface area contributed by atoms with Crippen LogP contribution in [-0.2, 0) is 10.8 Å². The Hall–Kier alpha value is -1.06. The molecule has 1 aromatic rings. The number of hydrogen-bond donors (Lipinski definition) is 0. The van der Waals surface area contributed by atoms with Gasteiger partial charge in [-0.1, -0.05) is 45.6 Å². The smallest absolute Gasteiger partial charge is 0.192 e. The second-order valence-corrected chi connectivity index (χ2v) is 11.8. The van der Waals surface area contributed by atoms with E-state index in [0.717, 1.165) is 12.2 Å². The molecule has 0 aromatic heterocycles. The van der Waals surface area contributed by atoms with Gasteiger partial charge in [0.25, 0.3) is 0 Å². The van der Waals surface area contributed by atoms with E-state index in [-0.39, 0.29) is 11.1 Å². The van der Waals surface area contributed by atoms with E-state index in [1.807, 2.05) is 6.07 Å². The average Bonchev–Trinajstić information content (AvgIpc) is 2.31. The van der Waals surface area contributed by atoms with Gasteiger partial charge < -0.3 is 9.16 Å². The highest BCUT2D eigenvalue weighted by Crippen LogP contribution is 2.47. The van der Waals surface area contributed by atoms with E-state index in [0.29, 0.717) is 6.61 Å². The van der Waals surface area contributed by atoms with E-state index in [1.54, 1.807) is 6.08 Å². The van der Waals surface area contributed by atoms with Crippen LogP contribution >= 0.6 is 0 Å². The summed E-state index contributed by atoms with van der Waals surface area (Å²) < 4.78 is 12.3. The zero-order chi connectivity index (χ0) is 15.0. The van der Waals surface area contributed by atoms with Crippen molar-refractivity contribution in [3.8, 4) is 5.75 Å². The van der Waals surface area contributed by atoms with Crippen molar-refractivity contribution in [2.75, 3.05) is 6.61 Å². The van der Waals surface area contributed by atoms with Gasteiger partial charge in [-0.25, -0.2) is 0 Å². The van der Waals surface area contributed by atoms with E-state index in [9.17, 15) is 0 Å². The van der Waals surface area contributed by atoms with Crippen molar-refractivity contribution in [1.82, 2.24) is 0 Å². The molecule has 0 fully saturated rings. The summed E-state index contributed by atoms with van der Waals surface area (Å²) in [5.41, 5.74) is 2.61. The van der Waals surface area contributed by atoms with Crippen LogP contribution in [0.5, 0.6) is 5.75 Å². The topological polar surface area (TPSA) is 18.5 Å². The van der Waals surface area contributed by atoms with Gasteiger partial charge in [-0.15, -0.1) is 0 Å². The van der Waals surface area contributed by atoms with Crippen molar-refractivity contribution in [2.24, 2.45) is 0 Å². The molecule has 20 heavy (non-hydrogen) atoms. The first-order valence-corrected chi connectivity index (χ1v) is 10.2. The summed E-state index contributed by atoms with van der Waals surface area (Å²) >= 11 is 0. The zero-order valence-electron chi connectivity index (χ0n) is 13.3. The fraction of sp³-hybridized carbons (Fsp3) is 0.529. The third-order valence-corrected chi connectivity index (χ3v) is 8.97. The van der Waals surface area contributed by atoms with Gasteiger partial charge in [-0.05, 0) is 29.8 Å². The van der Waals surface area contributed by atoms with Crippen molar-refractivity contribution in [3.63, 3.8) is 0 Å². The summed E-state index contributed by atoms with van der Waals surface area (Å²) in [7, 11) is -1.74. The molecule has 1 aliphatic rings. The van der Waals surface area contributed by atoms with Crippen LogP contribution < -0.4 is 4.74 Å². The van der Waals surface area contributed by atoms with E-state index >= 15 is 0 Å². The summed E-state index contributed by atoms with van der Waals surface area (Å²) in [6.07, 6.45) is 2.99. The molecule has 0 radical (unpaired) electrons. The molecule has 1 aliphatic carbocycles. The molecule has 0 spiro atoms. The van der Waals surface area contributed by atoms with Crippen molar-refractivity contribution < 1.29 is 9.16 Å². The number of hydrogen-bond acceptors (Lipinski definition) is 2. The third kappa shape index (κ3) is 2.84. The highest BCUT2D eigenvalue weighted by Gasteiger charge is 2.42. The molecular weight excluding hydrogens is 264 g/mol. The van der Waals surface area contributed by atoms with E-state index in [4.69, 9.17) is 9.16 Å². The molecule has 0 saturated carbocycles. The van der Waals surface area contributed by atoms with Gasteiger partial charge in [0.05, 0.1) is 6.10 Å². The number of rotatable bonds is 5. The maximum Gasteiger partial charge on any atom is 0.192 e. The van der Waals surface area contributed by atoms with Crippen molar-refractivity contribution in [2.45, 2.75) is 51.4 Å². The first-order chi connectivity index (χ1) is 9.26. The van der Waals surface area contributed by atoms with Gasteiger partial charge in [-0.3, -0.25) is 0 Å². The Morgan fingerprint density at radius 2 is 2.05 bits per heavy atom. The second-order valence-electron chi connectivity index (χ2n) is 7.00. The van der Waals surface area contributed by atoms with Crippen LogP contribution in [0.15, 0.2) is 30.9 Å². The minimum Gasteiger partial charge on any atom is -0.489 e. The summed E-state index contributed by atoms with van der Waals surface area (Å²) in [4.78, 5) is 0. The quantitative estimate of drug-likeness (QED) is 0.569. The van der Waals surface area contributed by atoms with Gasteiger partial charge in [0.1, 0.15) is 12.4 Å². The number of ether oxygens (including phenoxy) is 1. The first kappa shape index (κ1) is 15.3. The highest BCUT2D eigenvalue weighted by molar-refractivity contribution is 6.74. The largest absolute Gasteiger partial charge is 0.489 e. The van der Waals surface area contributed by atoms with Crippen LogP contribution in [0.2, 0.25) is 18.1 Å². The van der Waals surface area contributed by atoms with Crippen LogP contribution in [0.25, 0.3) is 0 Å². The Kier molecular flexibility index (Phi) is 4.12. The van der Waals surface area contributed by atoms with Crippen molar-refractivity contribution >= 4 is 8.32 Å². The standard InChI is InChI=1S/C17H26O2Si/c1-7-11-18-14-10-8-9-13-12-15(16(13)14)19-20(5,6)17(2,3)4/h7-10,15H,1,11-12H2,2-6H3. The molecular formula is C17H26O2Si. The second kappa shape index (κ2) is 5.38. The monoisotopic (exact) mass is 290 g/mol. The third-order valence-electron chi connectivity index (χ3n) is 4.48. The van der Waals surface area contributed by atoms with Crippen molar-refractivity contribution in [3.05, 3.63) is 42.0 Å². The predicted octanol–water partition coefficient (Wildman–Crippen LogP) is 4.87. The summed E-state index contributed by atoms with van der Waals surface area (Å²) in [5.74, 6) is 0.956. The molecule has 0 N–H and O–H groups in total. The Morgan fingerprint density at radius 1 is 1.35 bits per heavy atom. The molecule has 2 rings (SSSR count). The molecule has 3 heteroatoms. The van der Waals surface area contributed by atoms with Crippen molar-refractivity contribution in [1.29, 1.82) is 0 Å². The Labute approximate surface area is 123 Å². The van der Waals surface area contributed by atoms with Crippen LogP contribution in [0, 0.1) is 0 Å². The molecule has 1 atom stereocenters. The normalized spacial score (nSPS) is 18.1. The molecule has 110 valence electrons. The predicted molar refractivity (Wildman–Crippen MR) is 86.9 cm³/mol. The molecule has 0 aliphatic heterocycles. The van der Waals surface area contributed by atoms with Gasteiger partial charge in [0, 0.05) is 12.0 Å². The van der Waals surface area contributed by atoms with Gasteiger partial charge in [-0.2, -0.15) is 0 Å². The molecule has 0 heterocycles. The van der Waals surface area contributed by atoms with Gasteiger partial charge >= 0.3 is 0 Å². The first-order valence-electron chi connectivity index (χ1n) is 7.29. The van der Waals surface area contributed by atoms with Gasteiger partial charge in [0.2, 0.25) is 0 Å². The fourth-order valence-corrected chi connectivity index (χ4v) is 3.48. The summed E-state index contributed by atoms with van der Waals surface area (Å²) in [6.45, 7) is 15.7. The Morgan fingerprint density at radius 3 is 2.65 bits per heavy atom. The maximum atomic E-state index is 6.52. The van der Waals surface area contributed by atoms with Crippen LogP contribution in [0.1, 0.15) is 38.0 Å². The molecule has 0 amide bonds. The average molecular weight is 290 g/mol. The van der Waals surface area contributed by atoms with Gasteiger partial charge in [0.15, 0.2) is 8.32 Å². The maximum absolute atomic E-state index is 6.52. The molecule has 1 unspecified atom stereocenters. The number of fused-ring (bicyclic) bond motifs is 1. The summed E-state index contributed by atoms with van der Waals surface area (Å²) in [6, 6.07) is 6.25. The molecule has 0 bridgehead atoms. The zero-order valence-corrected chi connectivity index (χ0v) is 14.3. The summed E-state index contributed by atoms with van der Waals surface area (Å²) in [5, 5.41) is 0.236. The van der Waals surface area contributed by atoms with Crippen LogP contribution in [0.3, 0.4) is 0 Å². The molecule has 2 nitrogen and oxygen atoms in total. The Bertz CT molecular complexity index is 500. The lowest BCUT2D eigenvalue weighted by atomic mass is 9.85. The lowest BCUT2D eigenvalue weighted by molar-refractivity contribution is 0.155. The SMILES string of the molecule is C=CCOc1cccc2c1C(O[Si](C)(C)C(C)(C)C)C2. The van der Waals surface area contributed by atoms with Crippen LogP contribution in [0.4, 0.5) is 0 Å². The molecule has 0 saturated heterocycles. The van der Waals surface area contributed by atoms with Crippen LogP contribution in [-0.4, -0.2) is 14.9 Å². The lowest BCUT2D eigenvalue weighted by Gasteiger charge is -2.43. The van der Waals surface area contributed by atoms with E-state index in [1.165, 1.54) is 11.1 Å². The minimum absolute atomic E-state index is 0.201. The highest BCUT2D eigenvalue weighted by atomic mass is 28.4. The lowest BCUT2D eigenvalue weighted by Crippen LogP contribution is -2.43. The van der Waals surface area contributed by atoms with E-state index in [2.05, 4.69) is 52.6 Å². The Balaban J connectivity index is 2.18. The minimum atomic E-state index is -1.74. The molecule has 1 aromatic carbocycles. The number of benzene rings is 1. The fourth-order valence-electron chi connectivity index (χ4n) is 2.21.